The number of nitrogens with zero attached hydrogens (tertiary/aromatic N) is 2. The van der Waals surface area contributed by atoms with Crippen molar-refractivity contribution in [2.24, 2.45) is 0 Å². The van der Waals surface area contributed by atoms with E-state index in [1.807, 2.05) is 0 Å². The molecule has 2 aliphatic carbocycles. The van der Waals surface area contributed by atoms with Crippen LogP contribution in [0.2, 0.25) is 0 Å². The largest absolute Gasteiger partial charge is 0.226 e. The third-order valence-electron chi connectivity index (χ3n) is 12.6. The second kappa shape index (κ2) is 11.9. The molecule has 0 amide bonds. The van der Waals surface area contributed by atoms with E-state index in [0.717, 1.165) is 38.2 Å². The monoisotopic (exact) mass is 752 g/mol. The van der Waals surface area contributed by atoms with Gasteiger partial charge in [-0.2, -0.15) is 0 Å². The highest BCUT2D eigenvalue weighted by Gasteiger charge is 2.52. The standard InChI is InChI=1S/C55H32N2S/c1-2-14-33(15-3-1)34-20-12-21-39(28-34)51-53-52(41-23-9-11-27-49(41)58-53)57-54(56-51)42-24-13-26-46-50(42)40-22-8-10-25-45(40)55(46)47-31-37-18-6-4-16-35(37)29-43(47)44-30-36-17-5-7-19-38(36)32-48(44)55/h1-32H. The van der Waals surface area contributed by atoms with Crippen molar-refractivity contribution in [2.75, 3.05) is 0 Å². The lowest BCUT2D eigenvalue weighted by Gasteiger charge is -2.31. The Kier molecular flexibility index (Phi) is 6.56. The summed E-state index contributed by atoms with van der Waals surface area (Å²) in [7, 11) is 0. The molecule has 2 heterocycles. The summed E-state index contributed by atoms with van der Waals surface area (Å²) >= 11 is 1.78. The normalized spacial score (nSPS) is 13.3. The van der Waals surface area contributed by atoms with Crippen LogP contribution in [-0.2, 0) is 5.41 Å². The molecule has 2 nitrogen and oxygen atoms in total. The average Bonchev–Trinajstić information content (AvgIpc) is 3.91. The van der Waals surface area contributed by atoms with Crippen LogP contribution in [0.25, 0.3) is 97.9 Å². The van der Waals surface area contributed by atoms with Crippen LogP contribution in [0.4, 0.5) is 0 Å². The molecule has 3 heteroatoms. The van der Waals surface area contributed by atoms with E-state index >= 15 is 0 Å². The first-order chi connectivity index (χ1) is 28.7. The van der Waals surface area contributed by atoms with Gasteiger partial charge in [0.25, 0.3) is 0 Å². The summed E-state index contributed by atoms with van der Waals surface area (Å²) in [6.45, 7) is 0. The summed E-state index contributed by atoms with van der Waals surface area (Å²) in [4.78, 5) is 11.1. The van der Waals surface area contributed by atoms with Crippen molar-refractivity contribution in [3.8, 4) is 56.0 Å². The summed E-state index contributed by atoms with van der Waals surface area (Å²) < 4.78 is 2.32. The Bertz CT molecular complexity index is 3440. The molecule has 0 saturated heterocycles. The maximum absolute atomic E-state index is 5.61. The molecular formula is C55H32N2S. The molecule has 58 heavy (non-hydrogen) atoms. The minimum atomic E-state index is -0.521. The molecule has 0 fully saturated rings. The number of aromatic nitrogens is 2. The molecular weight excluding hydrogens is 721 g/mol. The molecule has 0 atom stereocenters. The van der Waals surface area contributed by atoms with Crippen molar-refractivity contribution in [3.05, 3.63) is 216 Å². The van der Waals surface area contributed by atoms with Gasteiger partial charge in [-0.15, -0.1) is 11.3 Å². The molecule has 11 aromatic rings. The van der Waals surface area contributed by atoms with E-state index in [4.69, 9.17) is 9.97 Å². The topological polar surface area (TPSA) is 25.8 Å². The second-order valence-corrected chi connectivity index (χ2v) is 16.7. The molecule has 0 unspecified atom stereocenters. The quantitative estimate of drug-likeness (QED) is 0.180. The molecule has 13 rings (SSSR count). The molecule has 0 aliphatic heterocycles. The van der Waals surface area contributed by atoms with Gasteiger partial charge >= 0.3 is 0 Å². The van der Waals surface area contributed by atoms with Crippen LogP contribution in [-0.4, -0.2) is 9.97 Å². The van der Waals surface area contributed by atoms with Crippen LogP contribution < -0.4 is 0 Å². The van der Waals surface area contributed by atoms with Crippen molar-refractivity contribution in [1.29, 1.82) is 0 Å². The SMILES string of the molecule is c1ccc(-c2cccc(-c3nc(-c4cccc5c4-c4ccccc4C54c5cc6ccccc6cc5-c5cc6ccccc6cc54)nc4c3sc3ccccc34)c2)cc1. The van der Waals surface area contributed by atoms with Crippen LogP contribution in [0, 0.1) is 0 Å². The Morgan fingerprint density at radius 3 is 1.71 bits per heavy atom. The van der Waals surface area contributed by atoms with Crippen LogP contribution in [0.15, 0.2) is 194 Å². The third-order valence-corrected chi connectivity index (χ3v) is 13.8. The van der Waals surface area contributed by atoms with Crippen molar-refractivity contribution in [2.45, 2.75) is 5.41 Å². The highest BCUT2D eigenvalue weighted by atomic mass is 32.1. The number of hydrogen-bond acceptors (Lipinski definition) is 3. The zero-order valence-corrected chi connectivity index (χ0v) is 32.1. The molecule has 0 saturated carbocycles. The zero-order valence-electron chi connectivity index (χ0n) is 31.3. The summed E-state index contributed by atoms with van der Waals surface area (Å²) in [6, 6.07) is 71.4. The van der Waals surface area contributed by atoms with E-state index in [-0.39, 0.29) is 0 Å². The van der Waals surface area contributed by atoms with Crippen molar-refractivity contribution >= 4 is 53.2 Å². The molecule has 0 N–H and O–H groups in total. The summed E-state index contributed by atoms with van der Waals surface area (Å²) in [5.41, 5.74) is 16.2. The van der Waals surface area contributed by atoms with Crippen molar-refractivity contribution < 1.29 is 0 Å². The fraction of sp³-hybridized carbons (Fsp3) is 0.0182. The van der Waals surface area contributed by atoms with E-state index in [9.17, 15) is 0 Å². The Labute approximate surface area is 339 Å². The van der Waals surface area contributed by atoms with E-state index < -0.39 is 5.41 Å². The Hall–Kier alpha value is -7.20. The predicted molar refractivity (Wildman–Crippen MR) is 243 cm³/mol. The fourth-order valence-electron chi connectivity index (χ4n) is 10.2. The predicted octanol–water partition coefficient (Wildman–Crippen LogP) is 14.5. The summed E-state index contributed by atoms with van der Waals surface area (Å²) in [5, 5.41) is 6.17. The zero-order chi connectivity index (χ0) is 38.0. The number of hydrogen-bond donors (Lipinski definition) is 0. The van der Waals surface area contributed by atoms with Gasteiger partial charge in [0, 0.05) is 21.2 Å². The lowest BCUT2D eigenvalue weighted by molar-refractivity contribution is 0.796. The van der Waals surface area contributed by atoms with E-state index in [0.29, 0.717) is 0 Å². The maximum atomic E-state index is 5.61. The lowest BCUT2D eigenvalue weighted by Crippen LogP contribution is -2.26. The third kappa shape index (κ3) is 4.31. The molecule has 268 valence electrons. The lowest BCUT2D eigenvalue weighted by atomic mass is 9.70. The number of fused-ring (bicyclic) bond motifs is 15. The van der Waals surface area contributed by atoms with Crippen LogP contribution in [0.3, 0.4) is 0 Å². The minimum Gasteiger partial charge on any atom is -0.226 e. The molecule has 9 aromatic carbocycles. The Morgan fingerprint density at radius 2 is 0.948 bits per heavy atom. The van der Waals surface area contributed by atoms with Gasteiger partial charge in [0.15, 0.2) is 5.82 Å². The molecule has 0 bridgehead atoms. The van der Waals surface area contributed by atoms with Gasteiger partial charge < -0.3 is 0 Å². The van der Waals surface area contributed by atoms with Crippen LogP contribution in [0.5, 0.6) is 0 Å². The van der Waals surface area contributed by atoms with Crippen molar-refractivity contribution in [1.82, 2.24) is 9.97 Å². The van der Waals surface area contributed by atoms with Gasteiger partial charge in [-0.05, 0) is 114 Å². The van der Waals surface area contributed by atoms with Gasteiger partial charge in [-0.1, -0.05) is 158 Å². The molecule has 0 radical (unpaired) electrons. The highest BCUT2D eigenvalue weighted by Crippen LogP contribution is 2.65. The van der Waals surface area contributed by atoms with Gasteiger partial charge in [0.2, 0.25) is 0 Å². The summed E-state index contributed by atoms with van der Waals surface area (Å²) in [5.74, 6) is 0.746. The smallest absolute Gasteiger partial charge is 0.161 e. The maximum Gasteiger partial charge on any atom is 0.161 e. The second-order valence-electron chi connectivity index (χ2n) is 15.6. The molecule has 1 spiro atoms. The first-order valence-corrected chi connectivity index (χ1v) is 20.7. The van der Waals surface area contributed by atoms with Gasteiger partial charge in [0.1, 0.15) is 0 Å². The average molecular weight is 753 g/mol. The highest BCUT2D eigenvalue weighted by molar-refractivity contribution is 7.26. The number of thiophene rings is 1. The van der Waals surface area contributed by atoms with E-state index in [2.05, 4.69) is 194 Å². The first kappa shape index (κ1) is 31.9. The van der Waals surface area contributed by atoms with Gasteiger partial charge in [0.05, 0.1) is 21.3 Å². The fourth-order valence-corrected chi connectivity index (χ4v) is 11.3. The number of rotatable bonds is 3. The first-order valence-electron chi connectivity index (χ1n) is 19.9. The minimum absolute atomic E-state index is 0.521. The Balaban J connectivity index is 1.12. The van der Waals surface area contributed by atoms with E-state index in [1.54, 1.807) is 11.3 Å². The van der Waals surface area contributed by atoms with Crippen molar-refractivity contribution in [3.63, 3.8) is 0 Å². The van der Waals surface area contributed by atoms with Gasteiger partial charge in [-0.25, -0.2) is 9.97 Å². The molecule has 2 aromatic heterocycles. The van der Waals surface area contributed by atoms with E-state index in [1.165, 1.54) is 81.9 Å². The Morgan fingerprint density at radius 1 is 0.379 bits per heavy atom. The van der Waals surface area contributed by atoms with Crippen LogP contribution in [0.1, 0.15) is 22.3 Å². The van der Waals surface area contributed by atoms with Gasteiger partial charge in [-0.3, -0.25) is 0 Å². The number of benzene rings is 9. The molecule has 2 aliphatic rings. The summed E-state index contributed by atoms with van der Waals surface area (Å²) in [6.07, 6.45) is 0. The van der Waals surface area contributed by atoms with Crippen LogP contribution >= 0.6 is 11.3 Å².